The van der Waals surface area contributed by atoms with Gasteiger partial charge in [-0.05, 0) is 25.2 Å². The van der Waals surface area contributed by atoms with Crippen molar-refractivity contribution in [3.63, 3.8) is 0 Å². The van der Waals surface area contributed by atoms with Crippen molar-refractivity contribution in [2.45, 2.75) is 97.4 Å². The van der Waals surface area contributed by atoms with E-state index in [4.69, 9.17) is 4.42 Å². The largest absolute Gasteiger partial charge is 0.446 e. The van der Waals surface area contributed by atoms with E-state index in [0.29, 0.717) is 37.0 Å². The van der Waals surface area contributed by atoms with Gasteiger partial charge in [0.25, 0.3) is 5.91 Å². The molecule has 0 aliphatic heterocycles. The number of hydrogen-bond donors (Lipinski definition) is 1. The summed E-state index contributed by atoms with van der Waals surface area (Å²) in [6.07, 6.45) is 14.5. The molecule has 1 N–H and O–H groups in total. The molecule has 6 nitrogen and oxygen atoms in total. The Morgan fingerprint density at radius 2 is 1.86 bits per heavy atom. The fourth-order valence-electron chi connectivity index (χ4n) is 3.95. The van der Waals surface area contributed by atoms with Gasteiger partial charge in [-0.1, -0.05) is 65.2 Å². The quantitative estimate of drug-likeness (QED) is 0.438. The highest BCUT2D eigenvalue weighted by Crippen LogP contribution is 2.28. The van der Waals surface area contributed by atoms with Crippen molar-refractivity contribution < 1.29 is 14.0 Å². The van der Waals surface area contributed by atoms with Crippen LogP contribution in [0.2, 0.25) is 0 Å². The molecule has 0 spiro atoms. The summed E-state index contributed by atoms with van der Waals surface area (Å²) in [6, 6.07) is 0. The summed E-state index contributed by atoms with van der Waals surface area (Å²) in [7, 11) is 0. The maximum absolute atomic E-state index is 12.8. The van der Waals surface area contributed by atoms with Crippen molar-refractivity contribution in [1.29, 1.82) is 0 Å². The van der Waals surface area contributed by atoms with Crippen LogP contribution in [0.25, 0.3) is 0 Å². The van der Waals surface area contributed by atoms with Gasteiger partial charge in [-0.3, -0.25) is 9.59 Å². The minimum Gasteiger partial charge on any atom is -0.446 e. The van der Waals surface area contributed by atoms with E-state index in [1.807, 2.05) is 4.90 Å². The van der Waals surface area contributed by atoms with E-state index in [1.54, 1.807) is 0 Å². The van der Waals surface area contributed by atoms with Gasteiger partial charge >= 0.3 is 0 Å². The highest BCUT2D eigenvalue weighted by atomic mass is 16.3. The second-order valence-corrected chi connectivity index (χ2v) is 8.30. The molecule has 29 heavy (non-hydrogen) atoms. The van der Waals surface area contributed by atoms with Crippen LogP contribution < -0.4 is 5.32 Å². The van der Waals surface area contributed by atoms with Crippen LogP contribution in [0.4, 0.5) is 0 Å². The Kier molecular flexibility index (Phi) is 10.8. The molecule has 0 atom stereocenters. The molecule has 1 aromatic heterocycles. The SMILES string of the molecule is CCCCCNC(=O)c1coc(CN(CCCCC)C(=O)CCC2CCCC2)n1. The number of amides is 2. The van der Waals surface area contributed by atoms with Gasteiger partial charge in [0.2, 0.25) is 11.8 Å². The van der Waals surface area contributed by atoms with Crippen molar-refractivity contribution >= 4 is 11.8 Å². The highest BCUT2D eigenvalue weighted by molar-refractivity contribution is 5.91. The molecule has 1 aromatic rings. The number of carbonyl (C=O) groups is 2. The fraction of sp³-hybridized carbons (Fsp3) is 0.783. The predicted molar refractivity (Wildman–Crippen MR) is 114 cm³/mol. The summed E-state index contributed by atoms with van der Waals surface area (Å²) in [5.74, 6) is 1.12. The van der Waals surface area contributed by atoms with Crippen LogP contribution in [-0.2, 0) is 11.3 Å². The summed E-state index contributed by atoms with van der Waals surface area (Å²) in [5.41, 5.74) is 0.295. The van der Waals surface area contributed by atoms with E-state index in [9.17, 15) is 9.59 Å². The smallest absolute Gasteiger partial charge is 0.273 e. The van der Waals surface area contributed by atoms with Gasteiger partial charge in [0.05, 0.1) is 6.54 Å². The number of oxazole rings is 1. The molecular formula is C23H39N3O3. The maximum atomic E-state index is 12.8. The lowest BCUT2D eigenvalue weighted by Gasteiger charge is -2.22. The van der Waals surface area contributed by atoms with Crippen molar-refractivity contribution in [3.8, 4) is 0 Å². The van der Waals surface area contributed by atoms with Crippen LogP contribution in [0.3, 0.4) is 0 Å². The minimum absolute atomic E-state index is 0.178. The molecule has 1 heterocycles. The first kappa shape index (κ1) is 23.4. The second-order valence-electron chi connectivity index (χ2n) is 8.30. The summed E-state index contributed by atoms with van der Waals surface area (Å²) < 4.78 is 5.51. The van der Waals surface area contributed by atoms with E-state index in [-0.39, 0.29) is 11.8 Å². The van der Waals surface area contributed by atoms with Crippen LogP contribution in [-0.4, -0.2) is 34.8 Å². The standard InChI is InChI=1S/C23H39N3O3/c1-3-5-9-15-24-23(28)20-18-29-21(25-20)17-26(16-10-6-4-2)22(27)14-13-19-11-7-8-12-19/h18-19H,3-17H2,1-2H3,(H,24,28). The van der Waals surface area contributed by atoms with Gasteiger partial charge in [-0.2, -0.15) is 0 Å². The monoisotopic (exact) mass is 405 g/mol. The van der Waals surface area contributed by atoms with Gasteiger partial charge in [0, 0.05) is 19.5 Å². The van der Waals surface area contributed by atoms with E-state index in [1.165, 1.54) is 31.9 Å². The zero-order valence-corrected chi connectivity index (χ0v) is 18.4. The van der Waals surface area contributed by atoms with Crippen LogP contribution in [0, 0.1) is 5.92 Å². The van der Waals surface area contributed by atoms with Gasteiger partial charge < -0.3 is 14.6 Å². The van der Waals surface area contributed by atoms with Gasteiger partial charge in [0.15, 0.2) is 5.69 Å². The molecule has 1 fully saturated rings. The third kappa shape index (κ3) is 8.58. The maximum Gasteiger partial charge on any atom is 0.273 e. The van der Waals surface area contributed by atoms with Crippen LogP contribution in [0.1, 0.15) is 107 Å². The third-order valence-electron chi connectivity index (χ3n) is 5.80. The Bertz CT molecular complexity index is 608. The molecule has 0 bridgehead atoms. The molecule has 1 aliphatic carbocycles. The molecule has 164 valence electrons. The van der Waals surface area contributed by atoms with Gasteiger partial charge in [0.1, 0.15) is 6.26 Å². The Labute approximate surface area is 175 Å². The lowest BCUT2D eigenvalue weighted by molar-refractivity contribution is -0.132. The number of rotatable bonds is 14. The first-order valence-corrected chi connectivity index (χ1v) is 11.6. The zero-order chi connectivity index (χ0) is 20.9. The Morgan fingerprint density at radius 1 is 1.14 bits per heavy atom. The van der Waals surface area contributed by atoms with Crippen molar-refractivity contribution in [1.82, 2.24) is 15.2 Å². The topological polar surface area (TPSA) is 75.4 Å². The first-order valence-electron chi connectivity index (χ1n) is 11.6. The number of hydrogen-bond acceptors (Lipinski definition) is 4. The van der Waals surface area contributed by atoms with E-state index in [2.05, 4.69) is 24.1 Å². The van der Waals surface area contributed by atoms with Crippen LogP contribution >= 0.6 is 0 Å². The van der Waals surface area contributed by atoms with E-state index in [0.717, 1.165) is 51.5 Å². The average molecular weight is 406 g/mol. The van der Waals surface area contributed by atoms with Crippen LogP contribution in [0.15, 0.2) is 10.7 Å². The highest BCUT2D eigenvalue weighted by Gasteiger charge is 2.21. The Morgan fingerprint density at radius 3 is 2.59 bits per heavy atom. The molecule has 0 aromatic carbocycles. The van der Waals surface area contributed by atoms with E-state index < -0.39 is 0 Å². The molecule has 1 aliphatic rings. The summed E-state index contributed by atoms with van der Waals surface area (Å²) in [6.45, 7) is 6.01. The van der Waals surface area contributed by atoms with Crippen molar-refractivity contribution in [2.75, 3.05) is 13.1 Å². The van der Waals surface area contributed by atoms with Crippen molar-refractivity contribution in [3.05, 3.63) is 17.8 Å². The molecule has 0 saturated heterocycles. The number of aromatic nitrogens is 1. The number of nitrogens with one attached hydrogen (secondary N) is 1. The molecular weight excluding hydrogens is 366 g/mol. The molecule has 6 heteroatoms. The molecule has 2 amide bonds. The predicted octanol–water partition coefficient (Wildman–Crippen LogP) is 5.08. The van der Waals surface area contributed by atoms with Crippen molar-refractivity contribution in [2.24, 2.45) is 5.92 Å². The first-order chi connectivity index (χ1) is 14.1. The number of nitrogens with zero attached hydrogens (tertiary/aromatic N) is 2. The van der Waals surface area contributed by atoms with E-state index >= 15 is 0 Å². The third-order valence-corrected chi connectivity index (χ3v) is 5.80. The average Bonchev–Trinajstić information content (AvgIpc) is 3.40. The van der Waals surface area contributed by atoms with Crippen LogP contribution in [0.5, 0.6) is 0 Å². The number of unbranched alkanes of at least 4 members (excludes halogenated alkanes) is 4. The molecule has 2 rings (SSSR count). The minimum atomic E-state index is -0.207. The van der Waals surface area contributed by atoms with Gasteiger partial charge in [-0.25, -0.2) is 4.98 Å². The summed E-state index contributed by atoms with van der Waals surface area (Å²) in [5, 5.41) is 2.87. The molecule has 0 unspecified atom stereocenters. The lowest BCUT2D eigenvalue weighted by atomic mass is 10.0. The molecule has 0 radical (unpaired) electrons. The zero-order valence-electron chi connectivity index (χ0n) is 18.4. The summed E-state index contributed by atoms with van der Waals surface area (Å²) >= 11 is 0. The fourth-order valence-corrected chi connectivity index (χ4v) is 3.95. The number of carbonyl (C=O) groups excluding carboxylic acids is 2. The normalized spacial score (nSPS) is 14.3. The summed E-state index contributed by atoms with van der Waals surface area (Å²) in [4.78, 5) is 31.2. The Hall–Kier alpha value is -1.85. The second kappa shape index (κ2) is 13.4. The van der Waals surface area contributed by atoms with Gasteiger partial charge in [-0.15, -0.1) is 0 Å². The lowest BCUT2D eigenvalue weighted by Crippen LogP contribution is -2.32. The Balaban J connectivity index is 1.87. The molecule has 1 saturated carbocycles.